The van der Waals surface area contributed by atoms with Gasteiger partial charge in [-0.25, -0.2) is 8.78 Å². The third-order valence-electron chi connectivity index (χ3n) is 18.0. The lowest BCUT2D eigenvalue weighted by Gasteiger charge is -2.30. The second kappa shape index (κ2) is 23.8. The van der Waals surface area contributed by atoms with Crippen LogP contribution in [0.15, 0.2) is 352 Å². The summed E-state index contributed by atoms with van der Waals surface area (Å²) in [5, 5.41) is 5.96. The zero-order valence-corrected chi connectivity index (χ0v) is 50.1. The predicted molar refractivity (Wildman–Crippen MR) is 383 cm³/mol. The molecular weight excluding hydrogens is 1120 g/mol. The first-order valence-corrected chi connectivity index (χ1v) is 31.2. The largest absolute Gasteiger partial charge is 0.307 e. The highest BCUT2D eigenvalue weighted by Gasteiger charge is 2.28. The SMILES string of the molecule is Fc1c(-c2ccc(-c3ccccc3)cc2)cc(-c2ccc(-c3ccccc3)cc2)cc1N(c1ccccc1)c1ccc2ccc3c(N(c4ccccc4)c4cc(-c5ccc(-c6ccccc6)cc5)cc(-c5ccc(-c6ccccc6)cc5)c4F)ccc4ccc1c2c43. The van der Waals surface area contributed by atoms with Crippen LogP contribution in [0.2, 0.25) is 0 Å². The van der Waals surface area contributed by atoms with Crippen LogP contribution >= 0.6 is 0 Å². The van der Waals surface area contributed by atoms with Crippen LogP contribution in [0, 0.1) is 11.6 Å². The van der Waals surface area contributed by atoms with Crippen molar-refractivity contribution in [2.75, 3.05) is 9.80 Å². The predicted octanol–water partition coefficient (Wildman–Crippen LogP) is 25.1. The van der Waals surface area contributed by atoms with Crippen LogP contribution < -0.4 is 9.80 Å². The molecule has 0 aliphatic rings. The van der Waals surface area contributed by atoms with Crippen LogP contribution in [0.5, 0.6) is 0 Å². The Hall–Kier alpha value is -12.0. The lowest BCUT2D eigenvalue weighted by Crippen LogP contribution is -2.14. The van der Waals surface area contributed by atoms with Crippen LogP contribution in [-0.2, 0) is 0 Å². The van der Waals surface area contributed by atoms with Crippen molar-refractivity contribution in [3.05, 3.63) is 363 Å². The second-order valence-corrected chi connectivity index (χ2v) is 23.4. The van der Waals surface area contributed by atoms with Gasteiger partial charge >= 0.3 is 0 Å². The third-order valence-corrected chi connectivity index (χ3v) is 18.0. The summed E-state index contributed by atoms with van der Waals surface area (Å²) in [7, 11) is 0. The minimum absolute atomic E-state index is 0.347. The fourth-order valence-corrected chi connectivity index (χ4v) is 13.3. The molecule has 0 spiro atoms. The zero-order chi connectivity index (χ0) is 61.5. The van der Waals surface area contributed by atoms with Gasteiger partial charge in [-0.3, -0.25) is 0 Å². The molecule has 16 aromatic carbocycles. The molecule has 0 fully saturated rings. The van der Waals surface area contributed by atoms with E-state index >= 15 is 8.78 Å². The molecule has 0 aliphatic heterocycles. The molecule has 0 radical (unpaired) electrons. The van der Waals surface area contributed by atoms with Gasteiger partial charge < -0.3 is 9.80 Å². The van der Waals surface area contributed by atoms with Crippen LogP contribution in [0.25, 0.3) is 121 Å². The molecule has 16 aromatic rings. The summed E-state index contributed by atoms with van der Waals surface area (Å²) < 4.78 is 37.3. The Bertz CT molecular complexity index is 4940. The molecule has 4 heteroatoms. The van der Waals surface area contributed by atoms with E-state index in [2.05, 4.69) is 228 Å². The van der Waals surface area contributed by atoms with Crippen molar-refractivity contribution in [1.82, 2.24) is 0 Å². The summed E-state index contributed by atoms with van der Waals surface area (Å²) in [6, 6.07) is 120. The van der Waals surface area contributed by atoms with E-state index in [4.69, 9.17) is 0 Å². The minimum Gasteiger partial charge on any atom is -0.307 e. The fourth-order valence-electron chi connectivity index (χ4n) is 13.3. The molecule has 16 rings (SSSR count). The average molecular weight is 1180 g/mol. The number of rotatable bonds is 14. The standard InChI is InChI=1S/C88H58F2N2/c89-87-79(69-43-39-65(40-44-69)61-23-11-3-12-24-61)55-73(67-35-31-63(32-36-67)59-19-7-1-8-20-59)57-83(87)91(75-27-15-5-16-28-75)81-53-49-71-48-52-78-82(54-50-72-47-51-77(81)85(71)86(72)78)92(76-29-17-6-18-30-76)84-58-74(68-37-33-64(34-38-68)60-21-9-2-10-22-60)56-80(88(84)90)70-45-41-66(42-46-70)62-25-13-4-14-26-62/h1-58H. The van der Waals surface area contributed by atoms with Gasteiger partial charge in [0.05, 0.1) is 22.7 Å². The van der Waals surface area contributed by atoms with E-state index < -0.39 is 0 Å². The van der Waals surface area contributed by atoms with Gasteiger partial charge in [-0.15, -0.1) is 0 Å². The zero-order valence-electron chi connectivity index (χ0n) is 50.1. The Morgan fingerprint density at radius 2 is 0.424 bits per heavy atom. The molecule has 92 heavy (non-hydrogen) atoms. The number of para-hydroxylation sites is 2. The summed E-state index contributed by atoms with van der Waals surface area (Å²) in [6.07, 6.45) is 0. The lowest BCUT2D eigenvalue weighted by molar-refractivity contribution is 0.632. The maximum atomic E-state index is 18.6. The highest BCUT2D eigenvalue weighted by molar-refractivity contribution is 6.28. The van der Waals surface area contributed by atoms with Crippen LogP contribution in [0.1, 0.15) is 0 Å². The number of anilines is 6. The van der Waals surface area contributed by atoms with Crippen molar-refractivity contribution in [3.8, 4) is 89.0 Å². The summed E-state index contributed by atoms with van der Waals surface area (Å²) in [6.45, 7) is 0. The van der Waals surface area contributed by atoms with E-state index in [0.717, 1.165) is 133 Å². The quantitative estimate of drug-likeness (QED) is 0.100. The van der Waals surface area contributed by atoms with Gasteiger partial charge in [-0.1, -0.05) is 291 Å². The fraction of sp³-hybridized carbons (Fsp3) is 0. The number of hydrogen-bond donors (Lipinski definition) is 0. The van der Waals surface area contributed by atoms with Gasteiger partial charge in [0.15, 0.2) is 11.6 Å². The molecular formula is C88H58F2N2. The van der Waals surface area contributed by atoms with Gasteiger partial charge in [-0.05, 0) is 160 Å². The van der Waals surface area contributed by atoms with Crippen molar-refractivity contribution in [3.63, 3.8) is 0 Å². The molecule has 0 aliphatic carbocycles. The third kappa shape index (κ3) is 10.3. The van der Waals surface area contributed by atoms with Crippen LogP contribution in [-0.4, -0.2) is 0 Å². The molecule has 0 saturated heterocycles. The van der Waals surface area contributed by atoms with Gasteiger partial charge in [0.1, 0.15) is 0 Å². The molecule has 0 heterocycles. The molecule has 0 amide bonds. The summed E-state index contributed by atoms with van der Waals surface area (Å²) in [5.41, 5.74) is 18.9. The summed E-state index contributed by atoms with van der Waals surface area (Å²) >= 11 is 0. The summed E-state index contributed by atoms with van der Waals surface area (Å²) in [4.78, 5) is 4.17. The normalized spacial score (nSPS) is 11.4. The highest BCUT2D eigenvalue weighted by Crippen LogP contribution is 2.51. The Morgan fingerprint density at radius 1 is 0.185 bits per heavy atom. The molecule has 434 valence electrons. The van der Waals surface area contributed by atoms with E-state index in [1.54, 1.807) is 0 Å². The molecule has 2 nitrogen and oxygen atoms in total. The monoisotopic (exact) mass is 1180 g/mol. The lowest BCUT2D eigenvalue weighted by atomic mass is 9.91. The molecule has 0 N–H and O–H groups in total. The number of hydrogen-bond acceptors (Lipinski definition) is 2. The Labute approximate surface area is 534 Å². The molecule has 0 saturated carbocycles. The van der Waals surface area contributed by atoms with Crippen LogP contribution in [0.4, 0.5) is 42.9 Å². The van der Waals surface area contributed by atoms with Crippen LogP contribution in [0.3, 0.4) is 0 Å². The van der Waals surface area contributed by atoms with E-state index in [0.29, 0.717) is 22.5 Å². The van der Waals surface area contributed by atoms with E-state index in [1.807, 2.05) is 133 Å². The first-order chi connectivity index (χ1) is 45.5. The maximum absolute atomic E-state index is 18.6. The summed E-state index contributed by atoms with van der Waals surface area (Å²) in [5.74, 6) is -0.694. The van der Waals surface area contributed by atoms with Crippen molar-refractivity contribution >= 4 is 66.4 Å². The Balaban J connectivity index is 0.885. The van der Waals surface area contributed by atoms with Gasteiger partial charge in [0.25, 0.3) is 0 Å². The first-order valence-electron chi connectivity index (χ1n) is 31.2. The maximum Gasteiger partial charge on any atom is 0.155 e. The number of benzene rings is 16. The molecule has 0 atom stereocenters. The molecule has 0 bridgehead atoms. The Kier molecular flexibility index (Phi) is 14.3. The van der Waals surface area contributed by atoms with Crippen molar-refractivity contribution in [2.45, 2.75) is 0 Å². The van der Waals surface area contributed by atoms with Crippen molar-refractivity contribution in [1.29, 1.82) is 0 Å². The molecule has 0 unspecified atom stereocenters. The van der Waals surface area contributed by atoms with E-state index in [9.17, 15) is 0 Å². The van der Waals surface area contributed by atoms with Gasteiger partial charge in [-0.2, -0.15) is 0 Å². The second-order valence-electron chi connectivity index (χ2n) is 23.4. The van der Waals surface area contributed by atoms with E-state index in [-0.39, 0.29) is 11.6 Å². The first kappa shape index (κ1) is 55.3. The van der Waals surface area contributed by atoms with Crippen molar-refractivity contribution in [2.24, 2.45) is 0 Å². The average Bonchev–Trinajstić information content (AvgIpc) is 0.761. The Morgan fingerprint density at radius 3 is 0.717 bits per heavy atom. The highest BCUT2D eigenvalue weighted by atomic mass is 19.1. The minimum atomic E-state index is -0.347. The number of nitrogens with zero attached hydrogens (tertiary/aromatic N) is 2. The van der Waals surface area contributed by atoms with Gasteiger partial charge in [0, 0.05) is 33.3 Å². The smallest absolute Gasteiger partial charge is 0.155 e. The topological polar surface area (TPSA) is 6.48 Å². The van der Waals surface area contributed by atoms with E-state index in [1.165, 1.54) is 0 Å². The number of halogens is 2. The van der Waals surface area contributed by atoms with Crippen molar-refractivity contribution < 1.29 is 8.78 Å². The van der Waals surface area contributed by atoms with Gasteiger partial charge in [0.2, 0.25) is 0 Å². The molecule has 0 aromatic heterocycles.